The number of benzene rings is 1. The average Bonchev–Trinajstić information content (AvgIpc) is 2.73. The Balaban J connectivity index is 3.24. The molecule has 0 saturated heterocycles. The van der Waals surface area contributed by atoms with Crippen LogP contribution in [-0.2, 0) is 14.3 Å². The van der Waals surface area contributed by atoms with Gasteiger partial charge in [0.15, 0.2) is 0 Å². The first-order valence-electron chi connectivity index (χ1n) is 11.2. The van der Waals surface area contributed by atoms with E-state index in [4.69, 9.17) is 4.74 Å². The molecule has 2 atom stereocenters. The number of unbranched alkanes of at least 4 members (excludes halogenated alkanes) is 2. The zero-order valence-electron chi connectivity index (χ0n) is 20.2. The largest absolute Gasteiger partial charge is 0.444 e. The Morgan fingerprint density at radius 3 is 2.48 bits per heavy atom. The number of carbonyl (C=O) groups is 3. The van der Waals surface area contributed by atoms with Crippen LogP contribution in [0.15, 0.2) is 24.3 Å². The van der Waals surface area contributed by atoms with Crippen molar-refractivity contribution in [2.24, 2.45) is 0 Å². The highest BCUT2D eigenvalue weighted by molar-refractivity contribution is 5.92. The molecule has 1 aromatic carbocycles. The summed E-state index contributed by atoms with van der Waals surface area (Å²) in [4.78, 5) is 39.7. The van der Waals surface area contributed by atoms with Gasteiger partial charge in [-0.1, -0.05) is 49.6 Å². The van der Waals surface area contributed by atoms with E-state index in [0.717, 1.165) is 29.7 Å². The van der Waals surface area contributed by atoms with Crippen molar-refractivity contribution in [3.05, 3.63) is 35.4 Å². The number of carbonyl (C=O) groups excluding carboxylic acids is 3. The number of nitriles is 1. The van der Waals surface area contributed by atoms with E-state index in [0.29, 0.717) is 12.1 Å². The SMILES string of the molecule is CCCCCNC(=O)C(c1cccc(C)c1)N(CC#N)C(=O)C(CO)NC(=O)OC(C)(C)C. The van der Waals surface area contributed by atoms with Crippen LogP contribution in [0.5, 0.6) is 0 Å². The van der Waals surface area contributed by atoms with E-state index in [2.05, 4.69) is 17.6 Å². The molecule has 182 valence electrons. The highest BCUT2D eigenvalue weighted by Gasteiger charge is 2.36. The molecule has 0 aliphatic heterocycles. The second-order valence-corrected chi connectivity index (χ2v) is 8.82. The minimum Gasteiger partial charge on any atom is -0.444 e. The molecule has 0 aliphatic carbocycles. The van der Waals surface area contributed by atoms with Crippen molar-refractivity contribution in [1.82, 2.24) is 15.5 Å². The molecule has 0 radical (unpaired) electrons. The molecule has 1 aromatic rings. The smallest absolute Gasteiger partial charge is 0.408 e. The molecule has 0 spiro atoms. The fourth-order valence-electron chi connectivity index (χ4n) is 3.20. The maximum atomic E-state index is 13.3. The molecule has 0 fully saturated rings. The van der Waals surface area contributed by atoms with Crippen LogP contribution < -0.4 is 10.6 Å². The first-order valence-corrected chi connectivity index (χ1v) is 11.2. The number of nitrogens with zero attached hydrogens (tertiary/aromatic N) is 2. The molecule has 9 nitrogen and oxygen atoms in total. The van der Waals surface area contributed by atoms with Gasteiger partial charge in [0.1, 0.15) is 24.2 Å². The van der Waals surface area contributed by atoms with E-state index in [9.17, 15) is 24.8 Å². The predicted molar refractivity (Wildman–Crippen MR) is 124 cm³/mol. The molecule has 0 aromatic heterocycles. The summed E-state index contributed by atoms with van der Waals surface area (Å²) < 4.78 is 5.17. The van der Waals surface area contributed by atoms with E-state index in [-0.39, 0.29) is 0 Å². The van der Waals surface area contributed by atoms with Gasteiger partial charge in [0.05, 0.1) is 12.7 Å². The Labute approximate surface area is 196 Å². The third-order valence-electron chi connectivity index (χ3n) is 4.69. The Morgan fingerprint density at radius 1 is 1.24 bits per heavy atom. The van der Waals surface area contributed by atoms with Gasteiger partial charge in [-0.25, -0.2) is 4.79 Å². The molecule has 3 N–H and O–H groups in total. The van der Waals surface area contributed by atoms with Gasteiger partial charge in [-0.05, 0) is 39.7 Å². The van der Waals surface area contributed by atoms with Crippen LogP contribution in [-0.4, -0.2) is 59.3 Å². The number of aryl methyl sites for hydroxylation is 1. The summed E-state index contributed by atoms with van der Waals surface area (Å²) in [7, 11) is 0. The van der Waals surface area contributed by atoms with Gasteiger partial charge < -0.3 is 25.4 Å². The van der Waals surface area contributed by atoms with Crippen LogP contribution in [0.4, 0.5) is 4.79 Å². The first-order chi connectivity index (χ1) is 15.5. The lowest BCUT2D eigenvalue weighted by atomic mass is 10.0. The summed E-state index contributed by atoms with van der Waals surface area (Å²) in [5.41, 5.74) is 0.605. The number of ether oxygens (including phenoxy) is 1. The lowest BCUT2D eigenvalue weighted by Crippen LogP contribution is -2.54. The highest BCUT2D eigenvalue weighted by Crippen LogP contribution is 2.23. The normalized spacial score (nSPS) is 12.8. The van der Waals surface area contributed by atoms with E-state index in [1.807, 2.05) is 19.1 Å². The van der Waals surface area contributed by atoms with Crippen LogP contribution in [0.2, 0.25) is 0 Å². The predicted octanol–water partition coefficient (Wildman–Crippen LogP) is 2.58. The molecule has 0 bridgehead atoms. The van der Waals surface area contributed by atoms with E-state index < -0.39 is 48.7 Å². The lowest BCUT2D eigenvalue weighted by Gasteiger charge is -2.32. The Morgan fingerprint density at radius 2 is 1.94 bits per heavy atom. The second kappa shape index (κ2) is 13.4. The summed E-state index contributed by atoms with van der Waals surface area (Å²) in [6.07, 6.45) is 1.84. The van der Waals surface area contributed by atoms with E-state index in [1.54, 1.807) is 39.0 Å². The number of nitrogens with one attached hydrogen (secondary N) is 2. The summed E-state index contributed by atoms with van der Waals surface area (Å²) in [5.74, 6) is -1.20. The maximum absolute atomic E-state index is 13.3. The number of hydrogen-bond acceptors (Lipinski definition) is 6. The quantitative estimate of drug-likeness (QED) is 0.343. The lowest BCUT2D eigenvalue weighted by molar-refractivity contribution is -0.142. The van der Waals surface area contributed by atoms with E-state index >= 15 is 0 Å². The van der Waals surface area contributed by atoms with Crippen LogP contribution in [0.25, 0.3) is 0 Å². The molecule has 3 amide bonds. The molecule has 1 rings (SSSR count). The summed E-state index contributed by atoms with van der Waals surface area (Å²) in [6.45, 7) is 8.21. The van der Waals surface area contributed by atoms with Crippen LogP contribution in [0, 0.1) is 18.3 Å². The second-order valence-electron chi connectivity index (χ2n) is 8.82. The number of alkyl carbamates (subject to hydrolysis) is 1. The van der Waals surface area contributed by atoms with Gasteiger partial charge in [-0.3, -0.25) is 9.59 Å². The minimum atomic E-state index is -1.38. The van der Waals surface area contributed by atoms with Crippen molar-refractivity contribution in [3.63, 3.8) is 0 Å². The van der Waals surface area contributed by atoms with Crippen molar-refractivity contribution in [2.75, 3.05) is 19.7 Å². The van der Waals surface area contributed by atoms with Crippen molar-refractivity contribution in [1.29, 1.82) is 5.26 Å². The topological polar surface area (TPSA) is 132 Å². The number of aliphatic hydroxyl groups excluding tert-OH is 1. The molecule has 0 heterocycles. The fourth-order valence-corrected chi connectivity index (χ4v) is 3.20. The minimum absolute atomic E-state index is 0.410. The number of rotatable bonds is 11. The van der Waals surface area contributed by atoms with Crippen LogP contribution in [0.1, 0.15) is 64.1 Å². The third kappa shape index (κ3) is 9.49. The van der Waals surface area contributed by atoms with Gasteiger partial charge in [0.2, 0.25) is 11.8 Å². The van der Waals surface area contributed by atoms with Crippen molar-refractivity contribution >= 4 is 17.9 Å². The van der Waals surface area contributed by atoms with Gasteiger partial charge in [-0.15, -0.1) is 0 Å². The average molecular weight is 461 g/mol. The zero-order valence-corrected chi connectivity index (χ0v) is 20.2. The number of aliphatic hydroxyl groups is 1. The first kappa shape index (κ1) is 27.9. The Bertz CT molecular complexity index is 844. The molecule has 9 heteroatoms. The molecule has 0 saturated carbocycles. The Hall–Kier alpha value is -3.12. The number of hydrogen-bond donors (Lipinski definition) is 3. The standard InChI is InChI=1S/C24H36N4O5/c1-6-7-8-13-26-21(30)20(18-11-9-10-17(2)15-18)28(14-12-25)22(31)19(16-29)27-23(32)33-24(3,4)5/h9-11,15,19-20,29H,6-8,13-14,16H2,1-5H3,(H,26,30)(H,27,32). The third-order valence-corrected chi connectivity index (χ3v) is 4.69. The monoisotopic (exact) mass is 460 g/mol. The van der Waals surface area contributed by atoms with Crippen molar-refractivity contribution in [2.45, 2.75) is 71.6 Å². The summed E-state index contributed by atoms with van der Waals surface area (Å²) in [5, 5.41) is 24.4. The van der Waals surface area contributed by atoms with Crippen LogP contribution in [0.3, 0.4) is 0 Å². The molecule has 2 unspecified atom stereocenters. The van der Waals surface area contributed by atoms with E-state index in [1.165, 1.54) is 0 Å². The van der Waals surface area contributed by atoms with Crippen LogP contribution >= 0.6 is 0 Å². The molecule has 33 heavy (non-hydrogen) atoms. The maximum Gasteiger partial charge on any atom is 0.408 e. The molecule has 0 aliphatic rings. The molecular weight excluding hydrogens is 424 g/mol. The Kier molecular flexibility index (Phi) is 11.4. The fraction of sp³-hybridized carbons (Fsp3) is 0.583. The van der Waals surface area contributed by atoms with Crippen molar-refractivity contribution < 1.29 is 24.2 Å². The highest BCUT2D eigenvalue weighted by atomic mass is 16.6. The molecular formula is C24H36N4O5. The summed E-state index contributed by atoms with van der Waals surface area (Å²) in [6, 6.07) is 6.52. The van der Waals surface area contributed by atoms with Crippen molar-refractivity contribution in [3.8, 4) is 6.07 Å². The summed E-state index contributed by atoms with van der Waals surface area (Å²) >= 11 is 0. The van der Waals surface area contributed by atoms with Gasteiger partial charge in [0.25, 0.3) is 0 Å². The number of amides is 3. The van der Waals surface area contributed by atoms with Gasteiger partial charge >= 0.3 is 6.09 Å². The van der Waals surface area contributed by atoms with Gasteiger partial charge in [0, 0.05) is 6.54 Å². The van der Waals surface area contributed by atoms with Gasteiger partial charge in [-0.2, -0.15) is 5.26 Å². The zero-order chi connectivity index (χ0) is 25.0.